The number of piperidine rings is 1. The maximum atomic E-state index is 12.8. The zero-order chi connectivity index (χ0) is 17.6. The van der Waals surface area contributed by atoms with Crippen LogP contribution in [0.15, 0.2) is 48.7 Å². The molecule has 0 saturated carbocycles. The van der Waals surface area contributed by atoms with E-state index in [4.69, 9.17) is 10.5 Å². The van der Waals surface area contributed by atoms with Crippen molar-refractivity contribution in [2.75, 3.05) is 6.54 Å². The Kier molecular flexibility index (Phi) is 5.66. The van der Waals surface area contributed by atoms with E-state index in [9.17, 15) is 4.79 Å². The van der Waals surface area contributed by atoms with E-state index in [2.05, 4.69) is 4.98 Å². The standard InChI is InChI=1S/C20H25N3O2/c1-15(21)19-7-3-5-13-23(19)20(24)16-8-10-18(11-9-16)25-14-17-6-2-4-12-22-17/h2,4,6,8-12,15,19H,3,5,7,13-14,21H2,1H3/t15-,19-/m0/s1. The van der Waals surface area contributed by atoms with E-state index < -0.39 is 0 Å². The van der Waals surface area contributed by atoms with E-state index in [0.29, 0.717) is 12.2 Å². The van der Waals surface area contributed by atoms with Crippen molar-refractivity contribution >= 4 is 5.91 Å². The highest BCUT2D eigenvalue weighted by molar-refractivity contribution is 5.94. The van der Waals surface area contributed by atoms with E-state index >= 15 is 0 Å². The first-order valence-electron chi connectivity index (χ1n) is 8.84. The number of carbonyl (C=O) groups excluding carboxylic acids is 1. The number of likely N-dealkylation sites (tertiary alicyclic amines) is 1. The molecule has 3 rings (SSSR count). The first kappa shape index (κ1) is 17.4. The van der Waals surface area contributed by atoms with Gasteiger partial charge < -0.3 is 15.4 Å². The van der Waals surface area contributed by atoms with Crippen molar-refractivity contribution in [1.29, 1.82) is 0 Å². The van der Waals surface area contributed by atoms with Gasteiger partial charge in [0.2, 0.25) is 0 Å². The first-order chi connectivity index (χ1) is 12.1. The fraction of sp³-hybridized carbons (Fsp3) is 0.400. The second-order valence-corrected chi connectivity index (χ2v) is 6.55. The van der Waals surface area contributed by atoms with E-state index in [-0.39, 0.29) is 18.0 Å². The van der Waals surface area contributed by atoms with Crippen LogP contribution in [0.25, 0.3) is 0 Å². The number of aromatic nitrogens is 1. The highest BCUT2D eigenvalue weighted by Gasteiger charge is 2.29. The van der Waals surface area contributed by atoms with Crippen LogP contribution < -0.4 is 10.5 Å². The minimum Gasteiger partial charge on any atom is -0.487 e. The van der Waals surface area contributed by atoms with Gasteiger partial charge in [-0.15, -0.1) is 0 Å². The Balaban J connectivity index is 1.64. The van der Waals surface area contributed by atoms with Gasteiger partial charge >= 0.3 is 0 Å². The molecule has 1 fully saturated rings. The Morgan fingerprint density at radius 3 is 2.76 bits per heavy atom. The molecular formula is C20H25N3O2. The minimum absolute atomic E-state index is 0.00905. The fourth-order valence-electron chi connectivity index (χ4n) is 3.26. The molecule has 0 unspecified atom stereocenters. The van der Waals surface area contributed by atoms with Gasteiger partial charge in [0.15, 0.2) is 0 Å². The molecule has 1 aliphatic heterocycles. The van der Waals surface area contributed by atoms with Crippen LogP contribution in [0.5, 0.6) is 5.75 Å². The summed E-state index contributed by atoms with van der Waals surface area (Å²) in [7, 11) is 0. The minimum atomic E-state index is -0.00905. The van der Waals surface area contributed by atoms with Crippen molar-refractivity contribution in [3.05, 3.63) is 59.9 Å². The lowest BCUT2D eigenvalue weighted by Crippen LogP contribution is -2.51. The third-order valence-corrected chi connectivity index (χ3v) is 4.63. The normalized spacial score (nSPS) is 18.6. The van der Waals surface area contributed by atoms with Gasteiger partial charge in [-0.2, -0.15) is 0 Å². The number of carbonyl (C=O) groups is 1. The Morgan fingerprint density at radius 2 is 2.08 bits per heavy atom. The van der Waals surface area contributed by atoms with Crippen LogP contribution in [-0.4, -0.2) is 34.4 Å². The number of pyridine rings is 1. The van der Waals surface area contributed by atoms with E-state index in [1.54, 1.807) is 6.20 Å². The van der Waals surface area contributed by atoms with Crippen LogP contribution in [-0.2, 0) is 6.61 Å². The van der Waals surface area contributed by atoms with Gasteiger partial charge in [0.25, 0.3) is 5.91 Å². The summed E-state index contributed by atoms with van der Waals surface area (Å²) in [5.41, 5.74) is 7.62. The van der Waals surface area contributed by atoms with Gasteiger partial charge in [0, 0.05) is 30.4 Å². The largest absolute Gasteiger partial charge is 0.487 e. The monoisotopic (exact) mass is 339 g/mol. The summed E-state index contributed by atoms with van der Waals surface area (Å²) < 4.78 is 5.72. The van der Waals surface area contributed by atoms with Crippen LogP contribution in [0.3, 0.4) is 0 Å². The Bertz CT molecular complexity index is 686. The molecule has 5 nitrogen and oxygen atoms in total. The molecule has 132 valence electrons. The molecule has 1 aromatic heterocycles. The molecule has 0 spiro atoms. The first-order valence-corrected chi connectivity index (χ1v) is 8.84. The summed E-state index contributed by atoms with van der Waals surface area (Å²) in [5.74, 6) is 0.780. The lowest BCUT2D eigenvalue weighted by atomic mass is 9.96. The van der Waals surface area contributed by atoms with Crippen molar-refractivity contribution in [2.24, 2.45) is 5.73 Å². The average molecular weight is 339 g/mol. The van der Waals surface area contributed by atoms with Crippen LogP contribution >= 0.6 is 0 Å². The number of hydrogen-bond donors (Lipinski definition) is 1. The summed E-state index contributed by atoms with van der Waals surface area (Å²) in [6.07, 6.45) is 4.90. The van der Waals surface area contributed by atoms with Crippen LogP contribution in [0.2, 0.25) is 0 Å². The summed E-state index contributed by atoms with van der Waals surface area (Å²) >= 11 is 0. The average Bonchev–Trinajstić information content (AvgIpc) is 2.67. The smallest absolute Gasteiger partial charge is 0.254 e. The van der Waals surface area contributed by atoms with Gasteiger partial charge in [0.05, 0.1) is 5.69 Å². The molecular weight excluding hydrogens is 314 g/mol. The molecule has 2 atom stereocenters. The van der Waals surface area contributed by atoms with Crippen LogP contribution in [0.4, 0.5) is 0 Å². The second kappa shape index (κ2) is 8.12. The van der Waals surface area contributed by atoms with Gasteiger partial charge in [-0.1, -0.05) is 6.07 Å². The highest BCUT2D eigenvalue weighted by Crippen LogP contribution is 2.22. The van der Waals surface area contributed by atoms with Crippen molar-refractivity contribution in [1.82, 2.24) is 9.88 Å². The predicted octanol–water partition coefficient (Wildman–Crippen LogP) is 3.00. The fourth-order valence-corrected chi connectivity index (χ4v) is 3.26. The number of benzene rings is 1. The van der Waals surface area contributed by atoms with Crippen LogP contribution in [0, 0.1) is 0 Å². The molecule has 0 radical (unpaired) electrons. The maximum Gasteiger partial charge on any atom is 0.254 e. The molecule has 2 N–H and O–H groups in total. The Labute approximate surface area is 148 Å². The zero-order valence-electron chi connectivity index (χ0n) is 14.6. The third kappa shape index (κ3) is 4.37. The topological polar surface area (TPSA) is 68.5 Å². The second-order valence-electron chi connectivity index (χ2n) is 6.55. The van der Waals surface area contributed by atoms with E-state index in [1.165, 1.54) is 0 Å². The van der Waals surface area contributed by atoms with Gasteiger partial charge in [-0.25, -0.2) is 0 Å². The molecule has 0 bridgehead atoms. The van der Waals surface area contributed by atoms with Gasteiger partial charge in [0.1, 0.15) is 12.4 Å². The molecule has 1 aliphatic rings. The SMILES string of the molecule is C[C@H](N)[C@@H]1CCCCN1C(=O)c1ccc(OCc2ccccn2)cc1. The zero-order valence-corrected chi connectivity index (χ0v) is 14.6. The third-order valence-electron chi connectivity index (χ3n) is 4.63. The summed E-state index contributed by atoms with van der Waals surface area (Å²) in [5, 5.41) is 0. The molecule has 1 aromatic carbocycles. The number of hydrogen-bond acceptors (Lipinski definition) is 4. The van der Waals surface area contributed by atoms with Crippen LogP contribution in [0.1, 0.15) is 42.2 Å². The van der Waals surface area contributed by atoms with Gasteiger partial charge in [-0.3, -0.25) is 9.78 Å². The van der Waals surface area contributed by atoms with Crippen molar-refractivity contribution in [3.8, 4) is 5.75 Å². The van der Waals surface area contributed by atoms with Gasteiger partial charge in [-0.05, 0) is 62.6 Å². The number of amides is 1. The number of rotatable bonds is 5. The lowest BCUT2D eigenvalue weighted by Gasteiger charge is -2.38. The Hall–Kier alpha value is -2.40. The molecule has 0 aliphatic carbocycles. The number of nitrogens with zero attached hydrogens (tertiary/aromatic N) is 2. The Morgan fingerprint density at radius 1 is 1.28 bits per heavy atom. The molecule has 1 saturated heterocycles. The molecule has 2 aromatic rings. The van der Waals surface area contributed by atoms with Crippen molar-refractivity contribution in [2.45, 2.75) is 44.9 Å². The summed E-state index contributed by atoms with van der Waals surface area (Å²) in [4.78, 5) is 19.0. The van der Waals surface area contributed by atoms with E-state index in [1.807, 2.05) is 54.3 Å². The molecule has 1 amide bonds. The lowest BCUT2D eigenvalue weighted by molar-refractivity contribution is 0.0584. The molecule has 2 heterocycles. The predicted molar refractivity (Wildman–Crippen MR) is 97.3 cm³/mol. The summed E-state index contributed by atoms with van der Waals surface area (Å²) in [6, 6.07) is 13.2. The maximum absolute atomic E-state index is 12.8. The number of ether oxygens (including phenoxy) is 1. The van der Waals surface area contributed by atoms with Crippen molar-refractivity contribution < 1.29 is 9.53 Å². The summed E-state index contributed by atoms with van der Waals surface area (Å²) in [6.45, 7) is 3.17. The van der Waals surface area contributed by atoms with E-state index in [0.717, 1.165) is 37.3 Å². The van der Waals surface area contributed by atoms with Crippen molar-refractivity contribution in [3.63, 3.8) is 0 Å². The molecule has 5 heteroatoms. The number of nitrogens with two attached hydrogens (primary N) is 1. The quantitative estimate of drug-likeness (QED) is 0.909. The molecule has 25 heavy (non-hydrogen) atoms. The highest BCUT2D eigenvalue weighted by atomic mass is 16.5.